The van der Waals surface area contributed by atoms with Gasteiger partial charge in [0.1, 0.15) is 17.4 Å². The van der Waals surface area contributed by atoms with E-state index < -0.39 is 23.3 Å². The van der Waals surface area contributed by atoms with Gasteiger partial charge in [-0.25, -0.2) is 4.39 Å². The molecule has 0 saturated carbocycles. The molecular weight excluding hydrogens is 325 g/mol. The zero-order valence-corrected chi connectivity index (χ0v) is 13.5. The summed E-state index contributed by atoms with van der Waals surface area (Å²) in [5, 5.41) is 5.26. The molecule has 1 atom stereocenters. The molecular formula is C18H18FN3O3. The minimum absolute atomic E-state index is 0.0243. The maximum Gasteiger partial charge on any atom is 0.263 e. The number of nitrogens with one attached hydrogen (secondary N) is 2. The first-order valence-corrected chi connectivity index (χ1v) is 8.07. The van der Waals surface area contributed by atoms with Crippen LogP contribution in [0.25, 0.3) is 0 Å². The third-order valence-electron chi connectivity index (χ3n) is 4.15. The van der Waals surface area contributed by atoms with Crippen LogP contribution < -0.4 is 16.2 Å². The van der Waals surface area contributed by atoms with E-state index in [1.807, 2.05) is 0 Å². The summed E-state index contributed by atoms with van der Waals surface area (Å²) in [6.07, 6.45) is 2.80. The highest BCUT2D eigenvalue weighted by Gasteiger charge is 2.25. The SMILES string of the molecule is O=C(N[C@@H]1CCCNC1=O)c1cccn(Cc2ccccc2F)c1=O. The normalized spacial score (nSPS) is 17.0. The van der Waals surface area contributed by atoms with Crippen LogP contribution in [0.2, 0.25) is 0 Å². The van der Waals surface area contributed by atoms with Crippen molar-refractivity contribution in [3.8, 4) is 0 Å². The van der Waals surface area contributed by atoms with Gasteiger partial charge in [0, 0.05) is 18.3 Å². The maximum absolute atomic E-state index is 13.8. The van der Waals surface area contributed by atoms with E-state index in [0.29, 0.717) is 18.5 Å². The summed E-state index contributed by atoms with van der Waals surface area (Å²) < 4.78 is 15.1. The Bertz CT molecular complexity index is 863. The van der Waals surface area contributed by atoms with Crippen molar-refractivity contribution < 1.29 is 14.0 Å². The number of rotatable bonds is 4. The molecule has 2 aromatic rings. The van der Waals surface area contributed by atoms with Crippen LogP contribution in [0.4, 0.5) is 4.39 Å². The molecule has 1 aromatic carbocycles. The molecule has 2 amide bonds. The fourth-order valence-corrected chi connectivity index (χ4v) is 2.79. The number of benzene rings is 1. The topological polar surface area (TPSA) is 80.2 Å². The van der Waals surface area contributed by atoms with Crippen LogP contribution in [0.15, 0.2) is 47.4 Å². The summed E-state index contributed by atoms with van der Waals surface area (Å²) in [5.41, 5.74) is -0.245. The number of hydrogen-bond acceptors (Lipinski definition) is 3. The Hall–Kier alpha value is -2.96. The number of carbonyl (C=O) groups excluding carboxylic acids is 2. The highest BCUT2D eigenvalue weighted by atomic mass is 19.1. The van der Waals surface area contributed by atoms with E-state index in [1.165, 1.54) is 22.9 Å². The first kappa shape index (κ1) is 16.9. The van der Waals surface area contributed by atoms with Gasteiger partial charge in [0.05, 0.1) is 6.54 Å². The highest BCUT2D eigenvalue weighted by molar-refractivity contribution is 5.97. The molecule has 25 heavy (non-hydrogen) atoms. The Morgan fingerprint density at radius 1 is 1.24 bits per heavy atom. The van der Waals surface area contributed by atoms with Crippen molar-refractivity contribution >= 4 is 11.8 Å². The van der Waals surface area contributed by atoms with Gasteiger partial charge in [0.25, 0.3) is 11.5 Å². The first-order chi connectivity index (χ1) is 12.1. The minimum atomic E-state index is -0.638. The second-order valence-corrected chi connectivity index (χ2v) is 5.91. The van der Waals surface area contributed by atoms with E-state index in [2.05, 4.69) is 10.6 Å². The second-order valence-electron chi connectivity index (χ2n) is 5.91. The lowest BCUT2D eigenvalue weighted by molar-refractivity contribution is -0.124. The van der Waals surface area contributed by atoms with E-state index >= 15 is 0 Å². The van der Waals surface area contributed by atoms with Crippen molar-refractivity contribution in [2.45, 2.75) is 25.4 Å². The Kier molecular flexibility index (Phi) is 4.92. The van der Waals surface area contributed by atoms with Crippen LogP contribution in [0.3, 0.4) is 0 Å². The Balaban J connectivity index is 1.81. The van der Waals surface area contributed by atoms with Crippen LogP contribution in [0.5, 0.6) is 0 Å². The molecule has 1 aliphatic rings. The van der Waals surface area contributed by atoms with E-state index in [-0.39, 0.29) is 18.0 Å². The van der Waals surface area contributed by atoms with Crippen molar-refractivity contribution in [1.82, 2.24) is 15.2 Å². The van der Waals surface area contributed by atoms with E-state index in [9.17, 15) is 18.8 Å². The number of halogens is 1. The molecule has 0 unspecified atom stereocenters. The minimum Gasteiger partial charge on any atom is -0.354 e. The summed E-state index contributed by atoms with van der Waals surface area (Å²) in [4.78, 5) is 36.6. The molecule has 1 fully saturated rings. The van der Waals surface area contributed by atoms with Crippen LogP contribution >= 0.6 is 0 Å². The van der Waals surface area contributed by atoms with Crippen LogP contribution in [0.1, 0.15) is 28.8 Å². The van der Waals surface area contributed by atoms with Gasteiger partial charge in [0.2, 0.25) is 5.91 Å². The van der Waals surface area contributed by atoms with E-state index in [0.717, 1.165) is 6.42 Å². The largest absolute Gasteiger partial charge is 0.354 e. The quantitative estimate of drug-likeness (QED) is 0.871. The molecule has 0 radical (unpaired) electrons. The standard InChI is InChI=1S/C18H18FN3O3/c19-14-7-2-1-5-12(14)11-22-10-4-6-13(18(22)25)16(23)21-15-8-3-9-20-17(15)24/h1-2,4-7,10,15H,3,8-9,11H2,(H,20,24)(H,21,23)/t15-/m1/s1. The lowest BCUT2D eigenvalue weighted by Gasteiger charge is -2.22. The maximum atomic E-state index is 13.8. The molecule has 1 saturated heterocycles. The predicted molar refractivity (Wildman–Crippen MR) is 89.7 cm³/mol. The number of hydrogen-bond donors (Lipinski definition) is 2. The van der Waals surface area contributed by atoms with Gasteiger partial charge >= 0.3 is 0 Å². The van der Waals surface area contributed by atoms with Gasteiger partial charge in [-0.05, 0) is 31.0 Å². The van der Waals surface area contributed by atoms with Crippen LogP contribution in [-0.2, 0) is 11.3 Å². The summed E-state index contributed by atoms with van der Waals surface area (Å²) in [5.74, 6) is -1.26. The molecule has 1 aliphatic heterocycles. The van der Waals surface area contributed by atoms with Gasteiger partial charge in [-0.1, -0.05) is 18.2 Å². The Morgan fingerprint density at radius 3 is 2.80 bits per heavy atom. The average molecular weight is 343 g/mol. The lowest BCUT2D eigenvalue weighted by Crippen LogP contribution is -2.51. The van der Waals surface area contributed by atoms with Crippen molar-refractivity contribution in [1.29, 1.82) is 0 Å². The predicted octanol–water partition coefficient (Wildman–Crippen LogP) is 1.04. The number of pyridine rings is 1. The number of carbonyl (C=O) groups is 2. The van der Waals surface area contributed by atoms with E-state index in [4.69, 9.17) is 0 Å². The Labute approximate surface area is 143 Å². The molecule has 3 rings (SSSR count). The smallest absolute Gasteiger partial charge is 0.263 e. The number of aromatic nitrogens is 1. The van der Waals surface area contributed by atoms with Gasteiger partial charge in [-0.3, -0.25) is 14.4 Å². The molecule has 0 bridgehead atoms. The molecule has 0 aliphatic carbocycles. The third kappa shape index (κ3) is 3.76. The summed E-state index contributed by atoms with van der Waals surface area (Å²) >= 11 is 0. The average Bonchev–Trinajstić information content (AvgIpc) is 2.60. The van der Waals surface area contributed by atoms with Crippen LogP contribution in [0, 0.1) is 5.82 Å². The molecule has 2 heterocycles. The van der Waals surface area contributed by atoms with Crippen molar-refractivity contribution in [2.75, 3.05) is 6.54 Å². The highest BCUT2D eigenvalue weighted by Crippen LogP contribution is 2.08. The molecule has 2 N–H and O–H groups in total. The zero-order chi connectivity index (χ0) is 17.8. The van der Waals surface area contributed by atoms with Gasteiger partial charge in [-0.15, -0.1) is 0 Å². The van der Waals surface area contributed by atoms with Crippen molar-refractivity contribution in [3.63, 3.8) is 0 Å². The number of piperidine rings is 1. The van der Waals surface area contributed by atoms with E-state index in [1.54, 1.807) is 24.3 Å². The van der Waals surface area contributed by atoms with Gasteiger partial charge < -0.3 is 15.2 Å². The van der Waals surface area contributed by atoms with Crippen molar-refractivity contribution in [2.24, 2.45) is 0 Å². The summed E-state index contributed by atoms with van der Waals surface area (Å²) in [6, 6.07) is 8.47. The first-order valence-electron chi connectivity index (χ1n) is 8.07. The molecule has 7 heteroatoms. The molecule has 0 spiro atoms. The fourth-order valence-electron chi connectivity index (χ4n) is 2.79. The summed E-state index contributed by atoms with van der Waals surface area (Å²) in [7, 11) is 0. The van der Waals surface area contributed by atoms with Gasteiger partial charge in [-0.2, -0.15) is 0 Å². The zero-order valence-electron chi connectivity index (χ0n) is 13.5. The fraction of sp³-hybridized carbons (Fsp3) is 0.278. The number of nitrogens with zero attached hydrogens (tertiary/aromatic N) is 1. The molecule has 130 valence electrons. The Morgan fingerprint density at radius 2 is 2.04 bits per heavy atom. The molecule has 1 aromatic heterocycles. The molecule has 6 nitrogen and oxygen atoms in total. The second kappa shape index (κ2) is 7.29. The summed E-state index contributed by atoms with van der Waals surface area (Å²) in [6.45, 7) is 0.614. The van der Waals surface area contributed by atoms with Gasteiger partial charge in [0.15, 0.2) is 0 Å². The number of amides is 2. The van der Waals surface area contributed by atoms with Crippen LogP contribution in [-0.4, -0.2) is 29.0 Å². The third-order valence-corrected chi connectivity index (χ3v) is 4.15. The van der Waals surface area contributed by atoms with Crippen molar-refractivity contribution in [3.05, 3.63) is 69.9 Å². The lowest BCUT2D eigenvalue weighted by atomic mass is 10.1. The monoisotopic (exact) mass is 343 g/mol.